The van der Waals surface area contributed by atoms with Crippen molar-refractivity contribution in [1.82, 2.24) is 0 Å². The molecule has 1 unspecified atom stereocenters. The van der Waals surface area contributed by atoms with E-state index in [9.17, 15) is 0 Å². The van der Waals surface area contributed by atoms with Gasteiger partial charge in [-0.1, -0.05) is 0 Å². The van der Waals surface area contributed by atoms with Crippen molar-refractivity contribution in [2.45, 2.75) is 25.2 Å². The maximum atomic E-state index is 5.63. The third-order valence-corrected chi connectivity index (χ3v) is 6.59. The number of hydrogen-bond donors (Lipinski definition) is 0. The molecule has 164 valence electrons. The number of ether oxygens (including phenoxy) is 4. The van der Waals surface area contributed by atoms with Crippen LogP contribution < -0.4 is 23.8 Å². The monoisotopic (exact) mass is 431 g/mol. The van der Waals surface area contributed by atoms with Gasteiger partial charge >= 0.3 is 0 Å². The van der Waals surface area contributed by atoms with Crippen LogP contribution in [0.2, 0.25) is 0 Å². The third kappa shape index (κ3) is 4.59. The Morgan fingerprint density at radius 2 is 1.43 bits per heavy atom. The molecule has 0 fully saturated rings. The summed E-state index contributed by atoms with van der Waals surface area (Å²) in [4.78, 5) is 2.33. The number of nitrogens with zero attached hydrogens (tertiary/aromatic N) is 1. The summed E-state index contributed by atoms with van der Waals surface area (Å²) < 4.78 is 22.4. The van der Waals surface area contributed by atoms with Crippen LogP contribution in [0.3, 0.4) is 0 Å². The number of hydrogen-bond acceptors (Lipinski definition) is 6. The minimum atomic E-state index is 0.359. The first-order valence-electron chi connectivity index (χ1n) is 10.3. The summed E-state index contributed by atoms with van der Waals surface area (Å²) in [6.45, 7) is 0.962. The molecule has 1 atom stereocenters. The van der Waals surface area contributed by atoms with Gasteiger partial charge in [0.25, 0.3) is 0 Å². The summed E-state index contributed by atoms with van der Waals surface area (Å²) in [5, 5.41) is 0. The van der Waals surface area contributed by atoms with Crippen LogP contribution in [0.25, 0.3) is 0 Å². The van der Waals surface area contributed by atoms with Crippen LogP contribution >= 0.6 is 11.8 Å². The molecule has 2 aromatic rings. The van der Waals surface area contributed by atoms with Crippen molar-refractivity contribution in [2.24, 2.45) is 0 Å². The van der Waals surface area contributed by atoms with Crippen molar-refractivity contribution in [3.63, 3.8) is 0 Å². The Morgan fingerprint density at radius 1 is 0.867 bits per heavy atom. The van der Waals surface area contributed by atoms with Gasteiger partial charge in [-0.25, -0.2) is 0 Å². The zero-order valence-corrected chi connectivity index (χ0v) is 19.7. The zero-order valence-electron chi connectivity index (χ0n) is 18.9. The van der Waals surface area contributed by atoms with Crippen LogP contribution in [-0.2, 0) is 12.8 Å². The molecule has 1 aliphatic heterocycles. The van der Waals surface area contributed by atoms with E-state index in [0.717, 1.165) is 54.6 Å². The molecular formula is C24H33NO4S. The first-order chi connectivity index (χ1) is 14.6. The Hall–Kier alpha value is -2.21. The van der Waals surface area contributed by atoms with Crippen LogP contribution in [0.4, 0.5) is 5.69 Å². The first kappa shape index (κ1) is 22.5. The van der Waals surface area contributed by atoms with Gasteiger partial charge in [0.15, 0.2) is 23.0 Å². The largest absolute Gasteiger partial charge is 0.493 e. The second kappa shape index (κ2) is 10.2. The SMILES string of the molecule is COc1cc2c(cc1OC)C(CSC)Cc1cc(OC)c(OC)cc1N(C)CCC2. The molecule has 0 aromatic heterocycles. The Morgan fingerprint density at radius 3 is 2.03 bits per heavy atom. The highest BCUT2D eigenvalue weighted by Crippen LogP contribution is 2.41. The van der Waals surface area contributed by atoms with Gasteiger partial charge in [0.2, 0.25) is 0 Å². The standard InChI is InChI=1S/C24H33NO4S/c1-25-9-7-8-16-11-21(26-2)23(28-4)13-19(16)18(15-30-6)10-17-12-22(27-3)24(29-5)14-20(17)25/h11-14,18H,7-10,15H2,1-6H3. The van der Waals surface area contributed by atoms with E-state index >= 15 is 0 Å². The van der Waals surface area contributed by atoms with E-state index in [1.807, 2.05) is 11.8 Å². The quantitative estimate of drug-likeness (QED) is 0.655. The van der Waals surface area contributed by atoms with Crippen LogP contribution in [0.15, 0.2) is 24.3 Å². The van der Waals surface area contributed by atoms with Crippen molar-refractivity contribution in [3.8, 4) is 23.0 Å². The van der Waals surface area contributed by atoms with Crippen LogP contribution in [0, 0.1) is 0 Å². The Bertz CT molecular complexity index is 871. The average Bonchev–Trinajstić information content (AvgIpc) is 2.77. The molecule has 0 saturated carbocycles. The topological polar surface area (TPSA) is 40.2 Å². The summed E-state index contributed by atoms with van der Waals surface area (Å²) in [5.74, 6) is 4.53. The fourth-order valence-corrected chi connectivity index (χ4v) is 5.01. The Kier molecular flexibility index (Phi) is 7.64. The van der Waals surface area contributed by atoms with Gasteiger partial charge in [-0.2, -0.15) is 11.8 Å². The fraction of sp³-hybridized carbons (Fsp3) is 0.500. The van der Waals surface area contributed by atoms with Crippen molar-refractivity contribution in [3.05, 3.63) is 41.0 Å². The first-order valence-corrected chi connectivity index (χ1v) is 11.6. The summed E-state index contributed by atoms with van der Waals surface area (Å²) >= 11 is 1.87. The van der Waals surface area contributed by atoms with Crippen molar-refractivity contribution < 1.29 is 18.9 Å². The lowest BCUT2D eigenvalue weighted by molar-refractivity contribution is 0.353. The van der Waals surface area contributed by atoms with Gasteiger partial charge in [-0.15, -0.1) is 0 Å². The van der Waals surface area contributed by atoms with Crippen LogP contribution in [0.1, 0.15) is 29.0 Å². The smallest absolute Gasteiger partial charge is 0.162 e. The molecule has 0 radical (unpaired) electrons. The molecule has 0 N–H and O–H groups in total. The summed E-state index contributed by atoms with van der Waals surface area (Å²) in [6, 6.07) is 8.60. The van der Waals surface area contributed by atoms with Gasteiger partial charge in [-0.05, 0) is 66.3 Å². The maximum absolute atomic E-state index is 5.63. The van der Waals surface area contributed by atoms with Gasteiger partial charge in [-0.3, -0.25) is 0 Å². The fourth-order valence-electron chi connectivity index (χ4n) is 4.31. The van der Waals surface area contributed by atoms with Crippen LogP contribution in [0.5, 0.6) is 23.0 Å². The number of thioether (sulfide) groups is 1. The number of benzene rings is 2. The number of fused-ring (bicyclic) bond motifs is 2. The molecule has 0 amide bonds. The molecule has 3 rings (SSSR count). The molecule has 0 spiro atoms. The normalized spacial score (nSPS) is 16.3. The maximum Gasteiger partial charge on any atom is 0.162 e. The van der Waals surface area contributed by atoms with Crippen molar-refractivity contribution in [2.75, 3.05) is 58.9 Å². The molecule has 30 heavy (non-hydrogen) atoms. The molecular weight excluding hydrogens is 398 g/mol. The van der Waals surface area contributed by atoms with Gasteiger partial charge < -0.3 is 23.8 Å². The van der Waals surface area contributed by atoms with Gasteiger partial charge in [0.1, 0.15) is 0 Å². The molecule has 1 aliphatic rings. The van der Waals surface area contributed by atoms with E-state index < -0.39 is 0 Å². The minimum absolute atomic E-state index is 0.359. The molecule has 6 heteroatoms. The molecule has 0 saturated heterocycles. The minimum Gasteiger partial charge on any atom is -0.493 e. The number of methoxy groups -OCH3 is 4. The zero-order chi connectivity index (χ0) is 21.7. The second-order valence-corrected chi connectivity index (χ2v) is 8.53. The lowest BCUT2D eigenvalue weighted by Crippen LogP contribution is -2.23. The van der Waals surface area contributed by atoms with Crippen molar-refractivity contribution in [1.29, 1.82) is 0 Å². The summed E-state index contributed by atoms with van der Waals surface area (Å²) in [5.41, 5.74) is 5.19. The lowest BCUT2D eigenvalue weighted by atomic mass is 9.86. The van der Waals surface area contributed by atoms with Crippen molar-refractivity contribution >= 4 is 17.4 Å². The second-order valence-electron chi connectivity index (χ2n) is 7.62. The molecule has 5 nitrogen and oxygen atoms in total. The van der Waals surface area contributed by atoms with E-state index in [4.69, 9.17) is 18.9 Å². The highest BCUT2D eigenvalue weighted by molar-refractivity contribution is 7.98. The molecule has 0 bridgehead atoms. The summed E-state index contributed by atoms with van der Waals surface area (Å²) in [7, 11) is 8.95. The third-order valence-electron chi connectivity index (χ3n) is 5.86. The van der Waals surface area contributed by atoms with Gasteiger partial charge in [0.05, 0.1) is 28.4 Å². The van der Waals surface area contributed by atoms with E-state index in [-0.39, 0.29) is 0 Å². The number of aryl methyl sites for hydroxylation is 1. The molecule has 1 heterocycles. The molecule has 2 aromatic carbocycles. The lowest BCUT2D eigenvalue weighted by Gasteiger charge is -2.29. The van der Waals surface area contributed by atoms with Gasteiger partial charge in [0, 0.05) is 31.1 Å². The predicted molar refractivity (Wildman–Crippen MR) is 126 cm³/mol. The van der Waals surface area contributed by atoms with E-state index in [2.05, 4.69) is 42.5 Å². The number of rotatable bonds is 6. The number of anilines is 1. The molecule has 0 aliphatic carbocycles. The highest BCUT2D eigenvalue weighted by atomic mass is 32.2. The van der Waals surface area contributed by atoms with Crippen LogP contribution in [-0.4, -0.2) is 54.0 Å². The predicted octanol–water partition coefficient (Wildman–Crippen LogP) is 4.79. The summed E-state index contributed by atoms with van der Waals surface area (Å²) in [6.07, 6.45) is 5.15. The van der Waals surface area contributed by atoms with E-state index in [1.54, 1.807) is 28.4 Å². The van der Waals surface area contributed by atoms with E-state index in [1.165, 1.54) is 22.4 Å². The van der Waals surface area contributed by atoms with E-state index in [0.29, 0.717) is 5.92 Å². The Balaban J connectivity index is 2.15. The Labute approximate surface area is 184 Å². The average molecular weight is 432 g/mol. The highest BCUT2D eigenvalue weighted by Gasteiger charge is 2.24.